The van der Waals surface area contributed by atoms with Crippen LogP contribution in [0.4, 0.5) is 0 Å². The van der Waals surface area contributed by atoms with Crippen LogP contribution in [0.15, 0.2) is 24.5 Å². The van der Waals surface area contributed by atoms with E-state index in [0.29, 0.717) is 24.4 Å². The van der Waals surface area contributed by atoms with E-state index < -0.39 is 0 Å². The Hall–Kier alpha value is -3.50. The molecule has 3 amide bonds. The summed E-state index contributed by atoms with van der Waals surface area (Å²) in [5.41, 5.74) is 1.09. The molecule has 1 saturated heterocycles. The van der Waals surface area contributed by atoms with E-state index in [9.17, 15) is 14.4 Å². The summed E-state index contributed by atoms with van der Waals surface area (Å²) < 4.78 is 1.53. The largest absolute Gasteiger partial charge is 0.483 e. The van der Waals surface area contributed by atoms with E-state index in [2.05, 4.69) is 20.7 Å². The number of aromatic nitrogens is 3. The molecule has 4 rings (SSSR count). The summed E-state index contributed by atoms with van der Waals surface area (Å²) in [6, 6.07) is 5.43. The monoisotopic (exact) mass is 444 g/mol. The normalized spacial score (nSPS) is 22.5. The van der Waals surface area contributed by atoms with Gasteiger partial charge in [-0.25, -0.2) is 9.50 Å². The first-order valence-electron chi connectivity index (χ1n) is 10.7. The van der Waals surface area contributed by atoms with E-state index in [1.54, 1.807) is 18.2 Å². The van der Waals surface area contributed by atoms with E-state index in [1.165, 1.54) is 17.8 Å². The molecular formula is C21H28N6O5. The van der Waals surface area contributed by atoms with Gasteiger partial charge in [0.15, 0.2) is 5.65 Å². The second kappa shape index (κ2) is 10.7. The second-order valence-corrected chi connectivity index (χ2v) is 8.04. The van der Waals surface area contributed by atoms with Gasteiger partial charge in [-0.15, -0.1) is 0 Å². The Labute approximate surface area is 185 Å². The Bertz CT molecular complexity index is 968. The fourth-order valence-electron chi connectivity index (χ4n) is 4.39. The van der Waals surface area contributed by atoms with Crippen molar-refractivity contribution in [3.05, 3.63) is 30.2 Å². The Morgan fingerprint density at radius 3 is 2.50 bits per heavy atom. The number of carboxylic acid groups (broad SMARTS) is 1. The number of rotatable bonds is 4. The number of pyridine rings is 1. The number of fused-ring (bicyclic) bond motifs is 1. The Kier molecular flexibility index (Phi) is 7.74. The van der Waals surface area contributed by atoms with E-state index in [-0.39, 0.29) is 42.2 Å². The lowest BCUT2D eigenvalue weighted by Gasteiger charge is -2.31. The topological polar surface area (TPSA) is 146 Å². The van der Waals surface area contributed by atoms with Crippen LogP contribution >= 0.6 is 0 Å². The molecule has 1 saturated carbocycles. The van der Waals surface area contributed by atoms with E-state index in [1.807, 2.05) is 4.90 Å². The summed E-state index contributed by atoms with van der Waals surface area (Å²) in [6.07, 6.45) is 5.32. The average molecular weight is 444 g/mol. The molecule has 2 aromatic rings. The molecule has 0 bridgehead atoms. The Morgan fingerprint density at radius 2 is 1.81 bits per heavy atom. The van der Waals surface area contributed by atoms with Crippen molar-refractivity contribution >= 4 is 29.8 Å². The van der Waals surface area contributed by atoms with Crippen LogP contribution in [0.25, 0.3) is 5.65 Å². The molecular weight excluding hydrogens is 416 g/mol. The van der Waals surface area contributed by atoms with Crippen LogP contribution in [0.2, 0.25) is 0 Å². The summed E-state index contributed by atoms with van der Waals surface area (Å²) in [7, 11) is 0. The molecule has 3 N–H and O–H groups in total. The molecule has 1 aliphatic heterocycles. The average Bonchev–Trinajstić information content (AvgIpc) is 3.43. The zero-order chi connectivity index (χ0) is 23.1. The Balaban J connectivity index is 0.000000913. The second-order valence-electron chi connectivity index (χ2n) is 8.04. The highest BCUT2D eigenvalue weighted by Crippen LogP contribution is 2.27. The van der Waals surface area contributed by atoms with Gasteiger partial charge in [0.05, 0.1) is 0 Å². The fourth-order valence-corrected chi connectivity index (χ4v) is 4.39. The van der Waals surface area contributed by atoms with Gasteiger partial charge in [-0.2, -0.15) is 5.10 Å². The third-order valence-electron chi connectivity index (χ3n) is 5.85. The van der Waals surface area contributed by atoms with Crippen LogP contribution in [0.3, 0.4) is 0 Å². The van der Waals surface area contributed by atoms with Crippen molar-refractivity contribution in [2.75, 3.05) is 13.1 Å². The summed E-state index contributed by atoms with van der Waals surface area (Å²) in [6.45, 7) is 2.54. The molecule has 1 unspecified atom stereocenters. The van der Waals surface area contributed by atoms with Crippen molar-refractivity contribution in [2.24, 2.45) is 5.92 Å². The molecule has 172 valence electrons. The minimum Gasteiger partial charge on any atom is -0.483 e. The maximum atomic E-state index is 12.8. The fraction of sp³-hybridized carbons (Fsp3) is 0.524. The first-order valence-corrected chi connectivity index (χ1v) is 10.7. The van der Waals surface area contributed by atoms with Crippen LogP contribution in [0.1, 0.15) is 49.5 Å². The van der Waals surface area contributed by atoms with Gasteiger partial charge in [0.25, 0.3) is 12.4 Å². The van der Waals surface area contributed by atoms with Gasteiger partial charge in [-0.1, -0.05) is 6.07 Å². The van der Waals surface area contributed by atoms with Crippen LogP contribution < -0.4 is 10.6 Å². The standard InChI is InChI=1S/C20H26N6O3.CH2O2/c1-13(27)23-16-9-10-25(11-16)20(29)14-5-7-15(8-6-14)24-19(28)17-3-2-4-18-21-12-22-26(17)18;2-1-3/h2-4,12,14-16H,5-11H2,1H3,(H,23,27)(H,24,28);1H,(H,2,3). The van der Waals surface area contributed by atoms with Crippen molar-refractivity contribution in [3.8, 4) is 0 Å². The highest BCUT2D eigenvalue weighted by Gasteiger charge is 2.34. The van der Waals surface area contributed by atoms with Gasteiger partial charge in [0.2, 0.25) is 11.8 Å². The third kappa shape index (κ3) is 5.59. The molecule has 2 fully saturated rings. The molecule has 1 aliphatic carbocycles. The van der Waals surface area contributed by atoms with Crippen molar-refractivity contribution in [1.29, 1.82) is 0 Å². The van der Waals surface area contributed by atoms with E-state index in [4.69, 9.17) is 9.90 Å². The molecule has 11 nitrogen and oxygen atoms in total. The van der Waals surface area contributed by atoms with Gasteiger partial charge >= 0.3 is 0 Å². The number of likely N-dealkylation sites (tertiary alicyclic amines) is 1. The molecule has 32 heavy (non-hydrogen) atoms. The quantitative estimate of drug-likeness (QED) is 0.581. The van der Waals surface area contributed by atoms with Crippen LogP contribution in [0.5, 0.6) is 0 Å². The third-order valence-corrected chi connectivity index (χ3v) is 5.85. The molecule has 0 radical (unpaired) electrons. The molecule has 11 heteroatoms. The minimum absolute atomic E-state index is 0.00187. The predicted octanol–water partition coefficient (Wildman–Crippen LogP) is 0.456. The maximum Gasteiger partial charge on any atom is 0.290 e. The number of carbonyl (C=O) groups is 4. The molecule has 2 aromatic heterocycles. The van der Waals surface area contributed by atoms with Crippen LogP contribution in [0, 0.1) is 5.92 Å². The minimum atomic E-state index is -0.250. The molecule has 2 aliphatic rings. The lowest BCUT2D eigenvalue weighted by atomic mass is 9.85. The SMILES string of the molecule is CC(=O)NC1CCN(C(=O)C2CCC(NC(=O)c3cccc4ncnn34)CC2)C1.O=CO. The van der Waals surface area contributed by atoms with E-state index >= 15 is 0 Å². The van der Waals surface area contributed by atoms with Crippen LogP contribution in [-0.4, -0.2) is 74.0 Å². The number of hydrogen-bond donors (Lipinski definition) is 3. The number of hydrogen-bond acceptors (Lipinski definition) is 6. The van der Waals surface area contributed by atoms with Gasteiger partial charge < -0.3 is 20.6 Å². The summed E-state index contributed by atoms with van der Waals surface area (Å²) in [5, 5.41) is 17.0. The highest BCUT2D eigenvalue weighted by molar-refractivity contribution is 5.93. The number of carbonyl (C=O) groups excluding carboxylic acids is 3. The lowest BCUT2D eigenvalue weighted by molar-refractivity contribution is -0.135. The van der Waals surface area contributed by atoms with Gasteiger partial charge in [0.1, 0.15) is 12.0 Å². The number of nitrogens with zero attached hydrogens (tertiary/aromatic N) is 4. The van der Waals surface area contributed by atoms with Crippen molar-refractivity contribution in [2.45, 2.75) is 51.1 Å². The zero-order valence-corrected chi connectivity index (χ0v) is 17.9. The van der Waals surface area contributed by atoms with E-state index in [0.717, 1.165) is 32.1 Å². The molecule has 0 aromatic carbocycles. The highest BCUT2D eigenvalue weighted by atomic mass is 16.3. The first kappa shape index (κ1) is 23.2. The smallest absolute Gasteiger partial charge is 0.290 e. The molecule has 1 atom stereocenters. The van der Waals surface area contributed by atoms with Gasteiger partial charge in [-0.05, 0) is 44.2 Å². The lowest BCUT2D eigenvalue weighted by Crippen LogP contribution is -2.43. The van der Waals surface area contributed by atoms with Gasteiger partial charge in [-0.3, -0.25) is 19.2 Å². The Morgan fingerprint density at radius 1 is 1.09 bits per heavy atom. The van der Waals surface area contributed by atoms with Crippen LogP contribution in [-0.2, 0) is 14.4 Å². The van der Waals surface area contributed by atoms with Crippen molar-refractivity contribution in [1.82, 2.24) is 30.1 Å². The first-order chi connectivity index (χ1) is 15.4. The summed E-state index contributed by atoms with van der Waals surface area (Å²) >= 11 is 0. The number of amides is 3. The maximum absolute atomic E-state index is 12.8. The van der Waals surface area contributed by atoms with Gasteiger partial charge in [0, 0.05) is 38.0 Å². The summed E-state index contributed by atoms with van der Waals surface area (Å²) in [5.74, 6) is -0.0521. The van der Waals surface area contributed by atoms with Crippen molar-refractivity contribution in [3.63, 3.8) is 0 Å². The zero-order valence-electron chi connectivity index (χ0n) is 17.9. The molecule has 3 heterocycles. The molecule has 0 spiro atoms. The number of nitrogens with one attached hydrogen (secondary N) is 2. The predicted molar refractivity (Wildman–Crippen MR) is 114 cm³/mol. The summed E-state index contributed by atoms with van der Waals surface area (Å²) in [4.78, 5) is 51.0. The van der Waals surface area contributed by atoms with Crippen molar-refractivity contribution < 1.29 is 24.3 Å².